The quantitative estimate of drug-likeness (QED) is 0.874. The van der Waals surface area contributed by atoms with Gasteiger partial charge in [-0.1, -0.05) is 18.2 Å². The molecule has 0 unspecified atom stereocenters. The van der Waals surface area contributed by atoms with Crippen LogP contribution in [-0.2, 0) is 20.0 Å². The fourth-order valence-corrected chi connectivity index (χ4v) is 4.85. The summed E-state index contributed by atoms with van der Waals surface area (Å²) in [5.41, 5.74) is 0. The molecule has 0 aliphatic rings. The molecule has 0 saturated carbocycles. The summed E-state index contributed by atoms with van der Waals surface area (Å²) in [7, 11) is -8.11. The van der Waals surface area contributed by atoms with E-state index in [0.29, 0.717) is 11.3 Å². The normalized spacial score (nSPS) is 12.5. The second kappa shape index (κ2) is 4.47. The van der Waals surface area contributed by atoms with Gasteiger partial charge in [0.05, 0.1) is 4.90 Å². The highest BCUT2D eigenvalue weighted by Gasteiger charge is 2.22. The summed E-state index contributed by atoms with van der Waals surface area (Å²) in [6.07, 6.45) is 0. The van der Waals surface area contributed by atoms with Crippen LogP contribution in [0.1, 0.15) is 0 Å². The first kappa shape index (κ1) is 13.2. The van der Waals surface area contributed by atoms with E-state index < -0.39 is 24.2 Å². The molecule has 2 rings (SSSR count). The monoisotopic (exact) mass is 304 g/mol. The number of hydrogen-bond donors (Lipinski definition) is 1. The molecule has 8 heteroatoms. The van der Waals surface area contributed by atoms with Gasteiger partial charge < -0.3 is 0 Å². The Morgan fingerprint density at radius 2 is 1.39 bits per heavy atom. The number of hydrogen-bond acceptors (Lipinski definition) is 5. The van der Waals surface area contributed by atoms with Gasteiger partial charge in [0, 0.05) is 0 Å². The van der Waals surface area contributed by atoms with Crippen molar-refractivity contribution >= 4 is 31.3 Å². The van der Waals surface area contributed by atoms with Crippen LogP contribution in [0.25, 0.3) is 0 Å². The first-order chi connectivity index (χ1) is 8.32. The van der Waals surface area contributed by atoms with Crippen molar-refractivity contribution in [2.45, 2.75) is 13.3 Å². The van der Waals surface area contributed by atoms with Gasteiger partial charge in [-0.25, -0.2) is 8.42 Å². The zero-order valence-corrected chi connectivity index (χ0v) is 11.3. The van der Waals surface area contributed by atoms with Gasteiger partial charge >= 0.3 is 10.1 Å². The zero-order chi connectivity index (χ0) is 13.4. The summed E-state index contributed by atoms with van der Waals surface area (Å²) < 4.78 is 54.3. The Morgan fingerprint density at radius 3 is 1.89 bits per heavy atom. The zero-order valence-electron chi connectivity index (χ0n) is 8.85. The Balaban J connectivity index is 2.54. The fourth-order valence-electron chi connectivity index (χ4n) is 1.30. The molecule has 0 bridgehead atoms. The van der Waals surface area contributed by atoms with Crippen LogP contribution < -0.4 is 0 Å². The number of thiophene rings is 1. The Labute approximate surface area is 108 Å². The van der Waals surface area contributed by atoms with Crippen molar-refractivity contribution in [3.8, 4) is 0 Å². The molecule has 1 N–H and O–H groups in total. The van der Waals surface area contributed by atoms with Gasteiger partial charge in [0.25, 0.3) is 0 Å². The van der Waals surface area contributed by atoms with E-state index in [-0.39, 0.29) is 9.10 Å². The maximum absolute atomic E-state index is 12.1. The van der Waals surface area contributed by atoms with Gasteiger partial charge in [-0.2, -0.15) is 8.42 Å². The molecule has 1 heterocycles. The standard InChI is InChI=1S/C10H8O5S3/c11-17(12,8-4-2-1-3-5-8)9-6-7-10(16-9)18(13,14)15/h1-7H,(H,13,14,15). The summed E-state index contributed by atoms with van der Waals surface area (Å²) in [6, 6.07) is 9.89. The first-order valence-electron chi connectivity index (χ1n) is 4.69. The second-order valence-electron chi connectivity index (χ2n) is 3.37. The van der Waals surface area contributed by atoms with Crippen molar-refractivity contribution in [2.24, 2.45) is 0 Å². The molecule has 96 valence electrons. The topological polar surface area (TPSA) is 88.5 Å². The van der Waals surface area contributed by atoms with Crippen LogP contribution in [0.4, 0.5) is 0 Å². The summed E-state index contributed by atoms with van der Waals surface area (Å²) in [5.74, 6) is 0. The number of sulfone groups is 1. The molecule has 1 aromatic heterocycles. The lowest BCUT2D eigenvalue weighted by Crippen LogP contribution is -1.99. The van der Waals surface area contributed by atoms with Crippen molar-refractivity contribution in [1.82, 2.24) is 0 Å². The Bertz CT molecular complexity index is 757. The minimum absolute atomic E-state index is 0.0775. The number of benzene rings is 1. The minimum atomic E-state index is -4.37. The van der Waals surface area contributed by atoms with Crippen LogP contribution in [0.15, 0.2) is 55.8 Å². The second-order valence-corrected chi connectivity index (χ2v) is 8.27. The minimum Gasteiger partial charge on any atom is -0.281 e. The van der Waals surface area contributed by atoms with Crippen LogP contribution in [0, 0.1) is 0 Å². The highest BCUT2D eigenvalue weighted by atomic mass is 32.3. The molecule has 0 saturated heterocycles. The third kappa shape index (κ3) is 2.46. The summed E-state index contributed by atoms with van der Waals surface area (Å²) in [6.45, 7) is 0. The fraction of sp³-hybridized carbons (Fsp3) is 0. The van der Waals surface area contributed by atoms with Crippen molar-refractivity contribution in [3.63, 3.8) is 0 Å². The molecule has 0 aliphatic carbocycles. The summed E-state index contributed by atoms with van der Waals surface area (Å²) in [5, 5.41) is 0. The third-order valence-electron chi connectivity index (χ3n) is 2.13. The van der Waals surface area contributed by atoms with Crippen molar-refractivity contribution in [1.29, 1.82) is 0 Å². The smallest absolute Gasteiger partial charge is 0.281 e. The van der Waals surface area contributed by atoms with E-state index in [4.69, 9.17) is 4.55 Å². The van der Waals surface area contributed by atoms with Crippen molar-refractivity contribution in [3.05, 3.63) is 42.5 Å². The van der Waals surface area contributed by atoms with Gasteiger partial charge in [-0.3, -0.25) is 4.55 Å². The van der Waals surface area contributed by atoms with E-state index in [1.807, 2.05) is 0 Å². The Kier molecular flexibility index (Phi) is 3.28. The van der Waals surface area contributed by atoms with E-state index in [0.717, 1.165) is 12.1 Å². The SMILES string of the molecule is O=S(=O)(O)c1ccc(S(=O)(=O)c2ccccc2)s1. The lowest BCUT2D eigenvalue weighted by Gasteiger charge is -2.00. The van der Waals surface area contributed by atoms with Gasteiger partial charge in [-0.15, -0.1) is 11.3 Å². The maximum Gasteiger partial charge on any atom is 0.304 e. The van der Waals surface area contributed by atoms with Crippen LogP contribution in [0.3, 0.4) is 0 Å². The van der Waals surface area contributed by atoms with Crippen LogP contribution in [0.5, 0.6) is 0 Å². The van der Waals surface area contributed by atoms with Gasteiger partial charge in [-0.05, 0) is 24.3 Å². The molecule has 1 aromatic carbocycles. The highest BCUT2D eigenvalue weighted by Crippen LogP contribution is 2.29. The van der Waals surface area contributed by atoms with Crippen molar-refractivity contribution in [2.75, 3.05) is 0 Å². The van der Waals surface area contributed by atoms with E-state index >= 15 is 0 Å². The molecule has 5 nitrogen and oxygen atoms in total. The van der Waals surface area contributed by atoms with Crippen LogP contribution in [-0.4, -0.2) is 21.4 Å². The average Bonchev–Trinajstić information content (AvgIpc) is 2.79. The molecule has 18 heavy (non-hydrogen) atoms. The molecule has 0 atom stereocenters. The van der Waals surface area contributed by atoms with Gasteiger partial charge in [0.2, 0.25) is 9.84 Å². The average molecular weight is 304 g/mol. The van der Waals surface area contributed by atoms with Crippen LogP contribution in [0.2, 0.25) is 0 Å². The predicted molar refractivity (Wildman–Crippen MR) is 66.0 cm³/mol. The molecule has 0 spiro atoms. The van der Waals surface area contributed by atoms with E-state index in [1.54, 1.807) is 18.2 Å². The Hall–Kier alpha value is -1.22. The maximum atomic E-state index is 12.1. The molecular weight excluding hydrogens is 296 g/mol. The van der Waals surface area contributed by atoms with E-state index in [1.165, 1.54) is 12.1 Å². The van der Waals surface area contributed by atoms with Gasteiger partial charge in [0.15, 0.2) is 0 Å². The lowest BCUT2D eigenvalue weighted by atomic mass is 10.4. The molecule has 0 aliphatic heterocycles. The Morgan fingerprint density at radius 1 is 0.833 bits per heavy atom. The highest BCUT2D eigenvalue weighted by molar-refractivity contribution is 7.94. The van der Waals surface area contributed by atoms with E-state index in [2.05, 4.69) is 0 Å². The molecule has 2 aromatic rings. The summed E-state index contributed by atoms with van der Waals surface area (Å²) in [4.78, 5) is 0.0775. The van der Waals surface area contributed by atoms with E-state index in [9.17, 15) is 16.8 Å². The van der Waals surface area contributed by atoms with Crippen molar-refractivity contribution < 1.29 is 21.4 Å². The molecular formula is C10H8O5S3. The third-order valence-corrected chi connectivity index (χ3v) is 6.80. The number of rotatable bonds is 3. The largest absolute Gasteiger partial charge is 0.304 e. The van der Waals surface area contributed by atoms with Crippen LogP contribution >= 0.6 is 11.3 Å². The first-order valence-corrected chi connectivity index (χ1v) is 8.43. The predicted octanol–water partition coefficient (Wildman–Crippen LogP) is 1.83. The molecule has 0 amide bonds. The molecule has 0 radical (unpaired) electrons. The summed E-state index contributed by atoms with van der Waals surface area (Å²) >= 11 is 0.516. The molecule has 0 fully saturated rings. The lowest BCUT2D eigenvalue weighted by molar-refractivity contribution is 0.485. The van der Waals surface area contributed by atoms with Gasteiger partial charge in [0.1, 0.15) is 8.42 Å².